The van der Waals surface area contributed by atoms with Crippen LogP contribution < -0.4 is 10.6 Å². The molecule has 0 saturated heterocycles. The maximum absolute atomic E-state index is 12.8. The largest absolute Gasteiger partial charge is 0.370 e. The van der Waals surface area contributed by atoms with Crippen LogP contribution in [0.15, 0.2) is 42.7 Å². The first-order chi connectivity index (χ1) is 10.4. The summed E-state index contributed by atoms with van der Waals surface area (Å²) in [5.41, 5.74) is 0.582. The molecule has 1 aromatic rings. The lowest BCUT2D eigenvalue weighted by molar-refractivity contribution is -0.128. The number of nitrogens with one attached hydrogen (secondary N) is 2. The van der Waals surface area contributed by atoms with Crippen LogP contribution in [-0.2, 0) is 4.79 Å². The lowest BCUT2D eigenvalue weighted by atomic mass is 9.84. The van der Waals surface area contributed by atoms with Crippen LogP contribution in [0.4, 0.5) is 0 Å². The fraction of sp³-hybridized carbons (Fsp3) is 0.526. The first-order valence-electron chi connectivity index (χ1n) is 8.19. The van der Waals surface area contributed by atoms with Crippen LogP contribution in [0.5, 0.6) is 0 Å². The second-order valence-electron chi connectivity index (χ2n) is 7.21. The zero-order chi connectivity index (χ0) is 16.2. The second kappa shape index (κ2) is 6.99. The van der Waals surface area contributed by atoms with E-state index in [4.69, 9.17) is 0 Å². The molecule has 0 aromatic heterocycles. The number of ketones is 1. The molecule has 1 atom stereocenters. The molecule has 22 heavy (non-hydrogen) atoms. The van der Waals surface area contributed by atoms with Crippen LogP contribution in [0.1, 0.15) is 58.1 Å². The van der Waals surface area contributed by atoms with Crippen molar-refractivity contribution < 1.29 is 4.79 Å². The van der Waals surface area contributed by atoms with Crippen molar-refractivity contribution in [3.05, 3.63) is 48.3 Å². The topological polar surface area (TPSA) is 41.1 Å². The van der Waals surface area contributed by atoms with Crippen LogP contribution in [0.2, 0.25) is 0 Å². The van der Waals surface area contributed by atoms with Crippen LogP contribution >= 0.6 is 0 Å². The number of hydrogen-bond acceptors (Lipinski definition) is 3. The van der Waals surface area contributed by atoms with E-state index in [-0.39, 0.29) is 11.8 Å². The quantitative estimate of drug-likeness (QED) is 0.836. The molecule has 0 heterocycles. The molecule has 0 bridgehead atoms. The summed E-state index contributed by atoms with van der Waals surface area (Å²) in [4.78, 5) is 12.8. The Hall–Kier alpha value is -1.77. The maximum Gasteiger partial charge on any atom is 0.164 e. The van der Waals surface area contributed by atoms with Gasteiger partial charge < -0.3 is 10.6 Å². The van der Waals surface area contributed by atoms with Gasteiger partial charge in [-0.2, -0.15) is 0 Å². The molecule has 1 aliphatic rings. The summed E-state index contributed by atoms with van der Waals surface area (Å²) < 4.78 is 0. The normalized spacial score (nSPS) is 17.0. The van der Waals surface area contributed by atoms with E-state index in [9.17, 15) is 4.79 Å². The number of rotatable bonds is 6. The number of benzene rings is 1. The fourth-order valence-corrected chi connectivity index (χ4v) is 2.91. The highest BCUT2D eigenvalue weighted by atomic mass is 16.1. The van der Waals surface area contributed by atoms with Crippen LogP contribution in [0, 0.1) is 5.41 Å². The first-order valence-corrected chi connectivity index (χ1v) is 8.19. The zero-order valence-corrected chi connectivity index (χ0v) is 14.0. The van der Waals surface area contributed by atoms with E-state index in [1.807, 2.05) is 51.1 Å². The van der Waals surface area contributed by atoms with Gasteiger partial charge in [-0.1, -0.05) is 70.5 Å². The Balaban J connectivity index is 2.10. The SMILES string of the molecule is C=C(NC1CCCC1)NC(C(=O)C(C)(C)C)c1ccccc1. The lowest BCUT2D eigenvalue weighted by Crippen LogP contribution is -2.40. The van der Waals surface area contributed by atoms with Gasteiger partial charge in [-0.3, -0.25) is 4.79 Å². The third kappa shape index (κ3) is 4.36. The van der Waals surface area contributed by atoms with E-state index in [2.05, 4.69) is 17.2 Å². The van der Waals surface area contributed by atoms with E-state index < -0.39 is 5.41 Å². The summed E-state index contributed by atoms with van der Waals surface area (Å²) >= 11 is 0. The molecule has 0 radical (unpaired) electrons. The number of carbonyl (C=O) groups is 1. The van der Waals surface area contributed by atoms with Gasteiger partial charge >= 0.3 is 0 Å². The van der Waals surface area contributed by atoms with Gasteiger partial charge in [0.25, 0.3) is 0 Å². The first kappa shape index (κ1) is 16.6. The molecule has 120 valence electrons. The highest BCUT2D eigenvalue weighted by Crippen LogP contribution is 2.26. The van der Waals surface area contributed by atoms with Gasteiger partial charge in [0, 0.05) is 11.5 Å². The molecule has 2 N–H and O–H groups in total. The highest BCUT2D eigenvalue weighted by Gasteiger charge is 2.31. The number of carbonyl (C=O) groups excluding carboxylic acids is 1. The van der Waals surface area contributed by atoms with Crippen molar-refractivity contribution in [3.63, 3.8) is 0 Å². The standard InChI is InChI=1S/C19H28N2O/c1-14(20-16-12-8-9-13-16)21-17(18(22)19(2,3)4)15-10-6-5-7-11-15/h5-7,10-11,16-17,20-21H,1,8-9,12-13H2,2-4H3. The van der Waals surface area contributed by atoms with E-state index in [1.54, 1.807) is 0 Å². The molecule has 3 heteroatoms. The van der Waals surface area contributed by atoms with Crippen molar-refractivity contribution in [3.8, 4) is 0 Å². The maximum atomic E-state index is 12.8. The number of hydrogen-bond donors (Lipinski definition) is 2. The Bertz CT molecular complexity index is 510. The smallest absolute Gasteiger partial charge is 0.164 e. The van der Waals surface area contributed by atoms with Crippen LogP contribution in [-0.4, -0.2) is 11.8 Å². The molecule has 0 amide bonds. The third-order valence-corrected chi connectivity index (χ3v) is 4.19. The van der Waals surface area contributed by atoms with Gasteiger partial charge in [0.05, 0.1) is 5.82 Å². The summed E-state index contributed by atoms with van der Waals surface area (Å²) in [6.45, 7) is 9.95. The van der Waals surface area contributed by atoms with Gasteiger partial charge in [0.2, 0.25) is 0 Å². The van der Waals surface area contributed by atoms with E-state index in [0.29, 0.717) is 6.04 Å². The predicted molar refractivity (Wildman–Crippen MR) is 91.3 cm³/mol. The summed E-state index contributed by atoms with van der Waals surface area (Å²) in [7, 11) is 0. The van der Waals surface area contributed by atoms with E-state index in [1.165, 1.54) is 25.7 Å². The van der Waals surface area contributed by atoms with Crippen molar-refractivity contribution in [2.75, 3.05) is 0 Å². The molecule has 2 rings (SSSR count). The molecule has 1 aliphatic carbocycles. The molecule has 1 aromatic carbocycles. The van der Waals surface area contributed by atoms with Gasteiger partial charge in [-0.05, 0) is 18.4 Å². The van der Waals surface area contributed by atoms with Crippen molar-refractivity contribution in [2.24, 2.45) is 5.41 Å². The molecule has 1 unspecified atom stereocenters. The monoisotopic (exact) mass is 300 g/mol. The molecule has 1 saturated carbocycles. The van der Waals surface area contributed by atoms with Crippen molar-refractivity contribution in [1.29, 1.82) is 0 Å². The van der Waals surface area contributed by atoms with Gasteiger partial charge in [0.1, 0.15) is 6.04 Å². The third-order valence-electron chi connectivity index (χ3n) is 4.19. The zero-order valence-electron chi connectivity index (χ0n) is 14.0. The Labute approximate surface area is 134 Å². The fourth-order valence-electron chi connectivity index (χ4n) is 2.91. The van der Waals surface area contributed by atoms with Crippen molar-refractivity contribution >= 4 is 5.78 Å². The average Bonchev–Trinajstić information content (AvgIpc) is 2.97. The average molecular weight is 300 g/mol. The van der Waals surface area contributed by atoms with Crippen molar-refractivity contribution in [1.82, 2.24) is 10.6 Å². The van der Waals surface area contributed by atoms with Crippen LogP contribution in [0.3, 0.4) is 0 Å². The molecule has 0 spiro atoms. The predicted octanol–water partition coefficient (Wildman–Crippen LogP) is 3.94. The Morgan fingerprint density at radius 3 is 2.32 bits per heavy atom. The van der Waals surface area contributed by atoms with Gasteiger partial charge in [-0.25, -0.2) is 0 Å². The minimum atomic E-state index is -0.402. The van der Waals surface area contributed by atoms with Crippen molar-refractivity contribution in [2.45, 2.75) is 58.5 Å². The second-order valence-corrected chi connectivity index (χ2v) is 7.21. The Morgan fingerprint density at radius 2 is 1.77 bits per heavy atom. The minimum absolute atomic E-state index is 0.174. The summed E-state index contributed by atoms with van der Waals surface area (Å²) in [5.74, 6) is 0.923. The van der Waals surface area contributed by atoms with E-state index >= 15 is 0 Å². The van der Waals surface area contributed by atoms with Gasteiger partial charge in [-0.15, -0.1) is 0 Å². The molecule has 0 aliphatic heterocycles. The lowest BCUT2D eigenvalue weighted by Gasteiger charge is -2.28. The van der Waals surface area contributed by atoms with Crippen LogP contribution in [0.25, 0.3) is 0 Å². The summed E-state index contributed by atoms with van der Waals surface area (Å²) in [5, 5.41) is 6.74. The molecular formula is C19H28N2O. The summed E-state index contributed by atoms with van der Waals surface area (Å²) in [6.07, 6.45) is 4.91. The van der Waals surface area contributed by atoms with E-state index in [0.717, 1.165) is 11.4 Å². The number of Topliss-reactive ketones (excluding diaryl/α,β-unsaturated/α-hetero) is 1. The molecular weight excluding hydrogens is 272 g/mol. The molecule has 3 nitrogen and oxygen atoms in total. The summed E-state index contributed by atoms with van der Waals surface area (Å²) in [6, 6.07) is 10.0. The highest BCUT2D eigenvalue weighted by molar-refractivity contribution is 5.90. The minimum Gasteiger partial charge on any atom is -0.370 e. The Kier molecular flexibility index (Phi) is 5.28. The molecule has 1 fully saturated rings. The Morgan fingerprint density at radius 1 is 1.18 bits per heavy atom. The van der Waals surface area contributed by atoms with Gasteiger partial charge in [0.15, 0.2) is 5.78 Å².